The number of nitrogens with one attached hydrogen (secondary N) is 2. The highest BCUT2D eigenvalue weighted by Crippen LogP contribution is 2.23. The molecular weight excluding hydrogens is 406 g/mol. The molecule has 162 valence electrons. The number of benzene rings is 1. The molecule has 4 heterocycles. The number of hydrogen-bond donors (Lipinski definition) is 2. The molecule has 1 aliphatic rings. The Kier molecular flexibility index (Phi) is 5.47. The number of nitrogens with zero attached hydrogens (tertiary/aromatic N) is 5. The second-order valence-corrected chi connectivity index (χ2v) is 7.77. The van der Waals surface area contributed by atoms with Crippen LogP contribution < -0.4 is 15.4 Å². The molecule has 1 aliphatic heterocycles. The Labute approximate surface area is 184 Å². The fourth-order valence-electron chi connectivity index (χ4n) is 3.71. The standard InChI is InChI=1S/C23H23N7O2/c1-30-14-18(13-27-30)15-2-3-17-12-26-23(28-20(17)10-15)29-22(31)16-4-9-25-21(11-16)32-19-5-7-24-8-6-19/h2-4,9-14,19,24H,5-8H2,1H3,(H,26,28,29,31). The molecule has 1 saturated heterocycles. The number of aromatic nitrogens is 5. The highest BCUT2D eigenvalue weighted by atomic mass is 16.5. The summed E-state index contributed by atoms with van der Waals surface area (Å²) in [6.45, 7) is 1.85. The van der Waals surface area contributed by atoms with Gasteiger partial charge in [0.15, 0.2) is 0 Å². The largest absolute Gasteiger partial charge is 0.474 e. The van der Waals surface area contributed by atoms with Crippen LogP contribution in [0.5, 0.6) is 5.88 Å². The number of carbonyl (C=O) groups excluding carboxylic acids is 1. The topological polar surface area (TPSA) is 107 Å². The molecule has 0 aliphatic carbocycles. The summed E-state index contributed by atoms with van der Waals surface area (Å²) in [5.41, 5.74) is 3.17. The second-order valence-electron chi connectivity index (χ2n) is 7.77. The molecule has 9 nitrogen and oxygen atoms in total. The van der Waals surface area contributed by atoms with Crippen molar-refractivity contribution >= 4 is 22.8 Å². The van der Waals surface area contributed by atoms with Gasteiger partial charge in [-0.05, 0) is 43.6 Å². The maximum atomic E-state index is 12.8. The van der Waals surface area contributed by atoms with Gasteiger partial charge in [-0.25, -0.2) is 15.0 Å². The summed E-state index contributed by atoms with van der Waals surface area (Å²) in [6, 6.07) is 9.21. The molecule has 0 radical (unpaired) electrons. The van der Waals surface area contributed by atoms with E-state index in [1.165, 1.54) is 0 Å². The third kappa shape index (κ3) is 4.42. The molecule has 1 aromatic carbocycles. The normalized spacial score (nSPS) is 14.4. The molecule has 3 aromatic heterocycles. The molecule has 9 heteroatoms. The molecule has 0 atom stereocenters. The molecule has 2 N–H and O–H groups in total. The van der Waals surface area contributed by atoms with Crippen molar-refractivity contribution in [3.63, 3.8) is 0 Å². The molecule has 0 bridgehead atoms. The number of pyridine rings is 1. The van der Waals surface area contributed by atoms with E-state index in [4.69, 9.17) is 4.74 Å². The highest BCUT2D eigenvalue weighted by molar-refractivity contribution is 6.03. The second kappa shape index (κ2) is 8.72. The van der Waals surface area contributed by atoms with Gasteiger partial charge in [0.05, 0.1) is 11.7 Å². The first-order valence-corrected chi connectivity index (χ1v) is 10.5. The summed E-state index contributed by atoms with van der Waals surface area (Å²) in [6.07, 6.45) is 8.97. The minimum atomic E-state index is -0.315. The Balaban J connectivity index is 1.33. The van der Waals surface area contributed by atoms with Crippen LogP contribution in [0.3, 0.4) is 0 Å². The van der Waals surface area contributed by atoms with Gasteiger partial charge in [0.2, 0.25) is 11.8 Å². The third-order valence-corrected chi connectivity index (χ3v) is 5.42. The Morgan fingerprint density at radius 3 is 2.81 bits per heavy atom. The van der Waals surface area contributed by atoms with Crippen LogP contribution in [-0.2, 0) is 7.05 Å². The van der Waals surface area contributed by atoms with Gasteiger partial charge in [-0.2, -0.15) is 5.10 Å². The number of ether oxygens (including phenoxy) is 1. The van der Waals surface area contributed by atoms with Gasteiger partial charge in [0, 0.05) is 48.2 Å². The number of carbonyl (C=O) groups is 1. The van der Waals surface area contributed by atoms with Crippen molar-refractivity contribution in [2.75, 3.05) is 18.4 Å². The van der Waals surface area contributed by atoms with Crippen LogP contribution in [0.4, 0.5) is 5.95 Å². The SMILES string of the molecule is Cn1cc(-c2ccc3cnc(NC(=O)c4ccnc(OC5CCNCC5)c4)nc3c2)cn1. The minimum absolute atomic E-state index is 0.111. The number of piperidine rings is 1. The Morgan fingerprint density at radius 2 is 2.00 bits per heavy atom. The van der Waals surface area contributed by atoms with Crippen molar-refractivity contribution < 1.29 is 9.53 Å². The summed E-state index contributed by atoms with van der Waals surface area (Å²) < 4.78 is 7.69. The van der Waals surface area contributed by atoms with Crippen LogP contribution >= 0.6 is 0 Å². The zero-order valence-corrected chi connectivity index (χ0v) is 17.7. The highest BCUT2D eigenvalue weighted by Gasteiger charge is 2.16. The number of hydrogen-bond acceptors (Lipinski definition) is 7. The Hall–Kier alpha value is -3.85. The van der Waals surface area contributed by atoms with Gasteiger partial charge in [-0.3, -0.25) is 14.8 Å². The van der Waals surface area contributed by atoms with E-state index >= 15 is 0 Å². The first kappa shape index (κ1) is 20.1. The lowest BCUT2D eigenvalue weighted by Crippen LogP contribution is -2.34. The third-order valence-electron chi connectivity index (χ3n) is 5.42. The molecule has 0 unspecified atom stereocenters. The zero-order valence-electron chi connectivity index (χ0n) is 17.7. The van der Waals surface area contributed by atoms with Crippen LogP contribution in [-0.4, -0.2) is 49.8 Å². The van der Waals surface area contributed by atoms with Crippen molar-refractivity contribution in [2.45, 2.75) is 18.9 Å². The number of fused-ring (bicyclic) bond motifs is 1. The monoisotopic (exact) mass is 429 g/mol. The van der Waals surface area contributed by atoms with Gasteiger partial charge in [-0.15, -0.1) is 0 Å². The summed E-state index contributed by atoms with van der Waals surface area (Å²) in [5.74, 6) is 0.374. The lowest BCUT2D eigenvalue weighted by molar-refractivity contribution is 0.102. The van der Waals surface area contributed by atoms with Gasteiger partial charge < -0.3 is 10.1 Å². The first-order valence-electron chi connectivity index (χ1n) is 10.5. The number of rotatable bonds is 5. The van der Waals surface area contributed by atoms with E-state index in [1.54, 1.807) is 35.4 Å². The average molecular weight is 429 g/mol. The van der Waals surface area contributed by atoms with E-state index in [0.29, 0.717) is 11.4 Å². The van der Waals surface area contributed by atoms with Crippen molar-refractivity contribution in [1.29, 1.82) is 0 Å². The number of amides is 1. The van der Waals surface area contributed by atoms with Crippen LogP contribution in [0.1, 0.15) is 23.2 Å². The Morgan fingerprint density at radius 1 is 1.12 bits per heavy atom. The molecule has 32 heavy (non-hydrogen) atoms. The lowest BCUT2D eigenvalue weighted by Gasteiger charge is -2.23. The van der Waals surface area contributed by atoms with E-state index in [0.717, 1.165) is 48.0 Å². The molecule has 4 aromatic rings. The predicted octanol–water partition coefficient (Wildman–Crippen LogP) is 2.81. The average Bonchev–Trinajstić information content (AvgIpc) is 3.26. The van der Waals surface area contributed by atoms with Gasteiger partial charge in [0.25, 0.3) is 5.91 Å². The summed E-state index contributed by atoms with van der Waals surface area (Å²) >= 11 is 0. The van der Waals surface area contributed by atoms with Gasteiger partial charge >= 0.3 is 0 Å². The molecule has 1 fully saturated rings. The van der Waals surface area contributed by atoms with E-state index < -0.39 is 0 Å². The van der Waals surface area contributed by atoms with Crippen LogP contribution in [0.25, 0.3) is 22.0 Å². The van der Waals surface area contributed by atoms with Crippen molar-refractivity contribution in [3.8, 4) is 17.0 Å². The van der Waals surface area contributed by atoms with Crippen molar-refractivity contribution in [1.82, 2.24) is 30.0 Å². The van der Waals surface area contributed by atoms with Crippen LogP contribution in [0.15, 0.2) is 55.1 Å². The Bertz CT molecular complexity index is 1260. The minimum Gasteiger partial charge on any atom is -0.474 e. The maximum Gasteiger partial charge on any atom is 0.258 e. The molecular formula is C23H23N7O2. The van der Waals surface area contributed by atoms with E-state index in [2.05, 4.69) is 30.7 Å². The molecule has 1 amide bonds. The quantitative estimate of drug-likeness (QED) is 0.502. The fraction of sp³-hybridized carbons (Fsp3) is 0.261. The predicted molar refractivity (Wildman–Crippen MR) is 120 cm³/mol. The van der Waals surface area contributed by atoms with E-state index in [-0.39, 0.29) is 18.0 Å². The molecule has 5 rings (SSSR count). The number of aryl methyl sites for hydroxylation is 1. The summed E-state index contributed by atoms with van der Waals surface area (Å²) in [5, 5.41) is 11.2. The van der Waals surface area contributed by atoms with Crippen LogP contribution in [0.2, 0.25) is 0 Å². The van der Waals surface area contributed by atoms with E-state index in [1.807, 2.05) is 31.4 Å². The number of anilines is 1. The summed E-state index contributed by atoms with van der Waals surface area (Å²) in [4.78, 5) is 25.8. The lowest BCUT2D eigenvalue weighted by atomic mass is 10.1. The van der Waals surface area contributed by atoms with Gasteiger partial charge in [-0.1, -0.05) is 12.1 Å². The zero-order chi connectivity index (χ0) is 21.9. The smallest absolute Gasteiger partial charge is 0.258 e. The van der Waals surface area contributed by atoms with Gasteiger partial charge in [0.1, 0.15) is 6.10 Å². The summed E-state index contributed by atoms with van der Waals surface area (Å²) in [7, 11) is 1.88. The van der Waals surface area contributed by atoms with Crippen LogP contribution in [0, 0.1) is 0 Å². The fourth-order valence-corrected chi connectivity index (χ4v) is 3.71. The molecule has 0 spiro atoms. The molecule has 0 saturated carbocycles. The van der Waals surface area contributed by atoms with E-state index in [9.17, 15) is 4.79 Å². The van der Waals surface area contributed by atoms with Crippen molar-refractivity contribution in [3.05, 3.63) is 60.7 Å². The van der Waals surface area contributed by atoms with Crippen molar-refractivity contribution in [2.24, 2.45) is 7.05 Å². The maximum absolute atomic E-state index is 12.8. The first-order chi connectivity index (χ1) is 15.6.